The number of ether oxygens (including phenoxy) is 3. The van der Waals surface area contributed by atoms with Gasteiger partial charge in [-0.2, -0.15) is 0 Å². The maximum absolute atomic E-state index is 12.1. The Morgan fingerprint density at radius 3 is 2.50 bits per heavy atom. The number of rotatable bonds is 6. The predicted molar refractivity (Wildman–Crippen MR) is 97.6 cm³/mol. The van der Waals surface area contributed by atoms with Crippen molar-refractivity contribution in [3.8, 4) is 17.2 Å². The highest BCUT2D eigenvalue weighted by molar-refractivity contribution is 9.10. The van der Waals surface area contributed by atoms with Crippen LogP contribution in [0.1, 0.15) is 5.56 Å². The maximum atomic E-state index is 12.1. The Kier molecular flexibility index (Phi) is 6.34. The lowest BCUT2D eigenvalue weighted by molar-refractivity contribution is -0.118. The van der Waals surface area contributed by atoms with Crippen molar-refractivity contribution in [2.45, 2.75) is 6.92 Å². The molecular weight excluding hydrogens is 398 g/mol. The molecule has 0 spiro atoms. The average Bonchev–Trinajstić information content (AvgIpc) is 2.57. The van der Waals surface area contributed by atoms with E-state index < -0.39 is 0 Å². The number of carbonyl (C=O) groups is 1. The number of nitrogens with one attached hydrogen (secondary N) is 1. The summed E-state index contributed by atoms with van der Waals surface area (Å²) in [6.45, 7) is 1.73. The lowest BCUT2D eigenvalue weighted by Gasteiger charge is -2.14. The van der Waals surface area contributed by atoms with Crippen LogP contribution in [0.15, 0.2) is 34.8 Å². The van der Waals surface area contributed by atoms with Gasteiger partial charge in [0.1, 0.15) is 17.2 Å². The summed E-state index contributed by atoms with van der Waals surface area (Å²) in [5, 5.41) is 3.40. The molecule has 5 nitrogen and oxygen atoms in total. The summed E-state index contributed by atoms with van der Waals surface area (Å²) in [5.74, 6) is 1.36. The summed E-state index contributed by atoms with van der Waals surface area (Å²) >= 11 is 9.33. The lowest BCUT2D eigenvalue weighted by Crippen LogP contribution is -2.20. The van der Waals surface area contributed by atoms with E-state index >= 15 is 0 Å². The zero-order chi connectivity index (χ0) is 17.7. The van der Waals surface area contributed by atoms with Gasteiger partial charge in [0.25, 0.3) is 5.91 Å². The van der Waals surface area contributed by atoms with Gasteiger partial charge in [0.15, 0.2) is 6.61 Å². The van der Waals surface area contributed by atoms with Gasteiger partial charge in [0.05, 0.1) is 24.4 Å². The van der Waals surface area contributed by atoms with Gasteiger partial charge in [0, 0.05) is 17.2 Å². The van der Waals surface area contributed by atoms with Crippen molar-refractivity contribution in [2.24, 2.45) is 0 Å². The summed E-state index contributed by atoms with van der Waals surface area (Å²) in [6.07, 6.45) is 0. The summed E-state index contributed by atoms with van der Waals surface area (Å²) in [4.78, 5) is 12.1. The van der Waals surface area contributed by atoms with Gasteiger partial charge < -0.3 is 19.5 Å². The number of benzene rings is 2. The van der Waals surface area contributed by atoms with Gasteiger partial charge in [-0.15, -0.1) is 0 Å². The molecule has 2 rings (SSSR count). The second kappa shape index (κ2) is 8.26. The molecule has 0 bridgehead atoms. The molecule has 0 aromatic heterocycles. The summed E-state index contributed by atoms with van der Waals surface area (Å²) in [6, 6.07) is 8.61. The van der Waals surface area contributed by atoms with E-state index in [1.165, 1.54) is 7.11 Å². The monoisotopic (exact) mass is 413 g/mol. The number of methoxy groups -OCH3 is 2. The van der Waals surface area contributed by atoms with Gasteiger partial charge >= 0.3 is 0 Å². The Balaban J connectivity index is 2.05. The fourth-order valence-electron chi connectivity index (χ4n) is 2.00. The normalized spacial score (nSPS) is 10.2. The molecule has 0 radical (unpaired) electrons. The van der Waals surface area contributed by atoms with Crippen LogP contribution in [0.25, 0.3) is 0 Å². The molecule has 0 aliphatic heterocycles. The minimum absolute atomic E-state index is 0.136. The molecule has 24 heavy (non-hydrogen) atoms. The van der Waals surface area contributed by atoms with E-state index in [9.17, 15) is 4.79 Å². The number of hydrogen-bond acceptors (Lipinski definition) is 4. The summed E-state index contributed by atoms with van der Waals surface area (Å²) < 4.78 is 16.7. The Morgan fingerprint density at radius 2 is 1.88 bits per heavy atom. The fraction of sp³-hybridized carbons (Fsp3) is 0.235. The van der Waals surface area contributed by atoms with Gasteiger partial charge in [-0.05, 0) is 46.6 Å². The van der Waals surface area contributed by atoms with E-state index in [-0.39, 0.29) is 12.5 Å². The van der Waals surface area contributed by atoms with Gasteiger partial charge in [-0.1, -0.05) is 11.6 Å². The average molecular weight is 415 g/mol. The molecule has 7 heteroatoms. The van der Waals surface area contributed by atoms with Crippen LogP contribution in [0.3, 0.4) is 0 Å². The molecule has 0 saturated carbocycles. The van der Waals surface area contributed by atoms with Gasteiger partial charge in [-0.3, -0.25) is 4.79 Å². The molecule has 0 aliphatic carbocycles. The molecule has 0 unspecified atom stereocenters. The standard InChI is InChI=1S/C17H17BrClNO4/c1-10-6-11(4-5-13(10)19)24-9-17(21)20-14-8-15(22-2)12(18)7-16(14)23-3/h4-8H,9H2,1-3H3,(H,20,21). The molecule has 0 atom stereocenters. The zero-order valence-corrected chi connectivity index (χ0v) is 15.8. The third-order valence-corrected chi connectivity index (χ3v) is 4.29. The molecule has 128 valence electrons. The Labute approximate surface area is 154 Å². The highest BCUT2D eigenvalue weighted by Gasteiger charge is 2.13. The first-order valence-electron chi connectivity index (χ1n) is 7.05. The van der Waals surface area contributed by atoms with E-state index in [0.717, 1.165) is 10.0 Å². The van der Waals surface area contributed by atoms with Crippen LogP contribution in [-0.4, -0.2) is 26.7 Å². The fourth-order valence-corrected chi connectivity index (χ4v) is 2.60. The third kappa shape index (κ3) is 4.55. The number of halogens is 2. The van der Waals surface area contributed by atoms with Crippen molar-refractivity contribution in [1.82, 2.24) is 0 Å². The van der Waals surface area contributed by atoms with E-state index in [2.05, 4.69) is 21.2 Å². The first kappa shape index (κ1) is 18.4. The SMILES string of the molecule is COc1cc(NC(=O)COc2ccc(Cl)c(C)c2)c(OC)cc1Br. The van der Waals surface area contributed by atoms with Crippen LogP contribution in [0.2, 0.25) is 5.02 Å². The van der Waals surface area contributed by atoms with Crippen LogP contribution in [0.4, 0.5) is 5.69 Å². The van der Waals surface area contributed by atoms with Crippen molar-refractivity contribution >= 4 is 39.1 Å². The van der Waals surface area contributed by atoms with Crippen molar-refractivity contribution in [3.63, 3.8) is 0 Å². The second-order valence-corrected chi connectivity index (χ2v) is 6.20. The van der Waals surface area contributed by atoms with Crippen LogP contribution in [-0.2, 0) is 4.79 Å². The molecule has 2 aromatic carbocycles. The number of hydrogen-bond donors (Lipinski definition) is 1. The number of aryl methyl sites for hydroxylation is 1. The van der Waals surface area contributed by atoms with Gasteiger partial charge in [0.2, 0.25) is 0 Å². The molecule has 0 fully saturated rings. The number of carbonyl (C=O) groups excluding carboxylic acids is 1. The molecule has 0 saturated heterocycles. The molecule has 0 heterocycles. The summed E-state index contributed by atoms with van der Waals surface area (Å²) in [5.41, 5.74) is 1.38. The smallest absolute Gasteiger partial charge is 0.262 e. The highest BCUT2D eigenvalue weighted by Crippen LogP contribution is 2.36. The van der Waals surface area contributed by atoms with Crippen molar-refractivity contribution < 1.29 is 19.0 Å². The van der Waals surface area contributed by atoms with Crippen LogP contribution >= 0.6 is 27.5 Å². The Morgan fingerprint density at radius 1 is 1.17 bits per heavy atom. The minimum atomic E-state index is -0.315. The minimum Gasteiger partial charge on any atom is -0.495 e. The topological polar surface area (TPSA) is 56.8 Å². The van der Waals surface area contributed by atoms with Crippen molar-refractivity contribution in [3.05, 3.63) is 45.4 Å². The first-order valence-corrected chi connectivity index (χ1v) is 8.22. The molecule has 1 N–H and O–H groups in total. The molecule has 2 aromatic rings. The maximum Gasteiger partial charge on any atom is 0.262 e. The molecule has 1 amide bonds. The van der Waals surface area contributed by atoms with E-state index in [1.807, 2.05) is 6.92 Å². The van der Waals surface area contributed by atoms with Crippen molar-refractivity contribution in [2.75, 3.05) is 26.1 Å². The summed E-state index contributed by atoms with van der Waals surface area (Å²) in [7, 11) is 3.07. The van der Waals surface area contributed by atoms with Crippen LogP contribution < -0.4 is 19.5 Å². The Hall–Kier alpha value is -1.92. The predicted octanol–water partition coefficient (Wildman–Crippen LogP) is 4.45. The first-order chi connectivity index (χ1) is 11.4. The van der Waals surface area contributed by atoms with Gasteiger partial charge in [-0.25, -0.2) is 0 Å². The molecule has 0 aliphatic rings. The lowest BCUT2D eigenvalue weighted by atomic mass is 10.2. The number of anilines is 1. The van der Waals surface area contributed by atoms with E-state index in [1.54, 1.807) is 37.4 Å². The molecular formula is C17H17BrClNO4. The third-order valence-electron chi connectivity index (χ3n) is 3.25. The number of amides is 1. The zero-order valence-electron chi connectivity index (χ0n) is 13.5. The second-order valence-electron chi connectivity index (χ2n) is 4.93. The quantitative estimate of drug-likeness (QED) is 0.759. The van der Waals surface area contributed by atoms with Crippen LogP contribution in [0.5, 0.6) is 17.2 Å². The Bertz CT molecular complexity index is 752. The highest BCUT2D eigenvalue weighted by atomic mass is 79.9. The largest absolute Gasteiger partial charge is 0.495 e. The van der Waals surface area contributed by atoms with E-state index in [0.29, 0.717) is 28.0 Å². The van der Waals surface area contributed by atoms with Crippen LogP contribution in [0, 0.1) is 6.92 Å². The van der Waals surface area contributed by atoms with E-state index in [4.69, 9.17) is 25.8 Å². The van der Waals surface area contributed by atoms with Crippen molar-refractivity contribution in [1.29, 1.82) is 0 Å².